The summed E-state index contributed by atoms with van der Waals surface area (Å²) in [6.07, 6.45) is 0.188. The Balaban J connectivity index is 1.27. The second-order valence-electron chi connectivity index (χ2n) is 6.55. The predicted octanol–water partition coefficient (Wildman–Crippen LogP) is 4.65. The van der Waals surface area contributed by atoms with Crippen LogP contribution in [0.5, 0.6) is 0 Å². The van der Waals surface area contributed by atoms with Crippen LogP contribution in [-0.4, -0.2) is 31.2 Å². The van der Waals surface area contributed by atoms with E-state index in [1.807, 2.05) is 18.2 Å². The summed E-state index contributed by atoms with van der Waals surface area (Å²) < 4.78 is 31.5. The Labute approximate surface area is 189 Å². The number of hydrogen-bond acceptors (Lipinski definition) is 7. The van der Waals surface area contributed by atoms with E-state index in [-0.39, 0.29) is 24.4 Å². The topological polar surface area (TPSA) is 110 Å². The molecule has 0 saturated heterocycles. The number of aryl methyl sites for hydroxylation is 1. The lowest BCUT2D eigenvalue weighted by Gasteiger charge is -2.04. The van der Waals surface area contributed by atoms with Crippen molar-refractivity contribution in [2.75, 3.05) is 5.32 Å². The fourth-order valence-corrected chi connectivity index (χ4v) is 3.60. The Morgan fingerprint density at radius 3 is 2.72 bits per heavy atom. The van der Waals surface area contributed by atoms with Gasteiger partial charge < -0.3 is 9.84 Å². The van der Waals surface area contributed by atoms with E-state index in [0.29, 0.717) is 27.6 Å². The largest absolute Gasteiger partial charge is 0.339 e. The third-order valence-electron chi connectivity index (χ3n) is 4.15. The zero-order valence-corrected chi connectivity index (χ0v) is 17.9. The van der Waals surface area contributed by atoms with Gasteiger partial charge in [-0.2, -0.15) is 4.98 Å². The van der Waals surface area contributed by atoms with Gasteiger partial charge in [-0.05, 0) is 24.3 Å². The van der Waals surface area contributed by atoms with Gasteiger partial charge in [0.05, 0.1) is 10.8 Å². The third kappa shape index (κ3) is 5.68. The Morgan fingerprint density at radius 2 is 1.94 bits per heavy atom. The summed E-state index contributed by atoms with van der Waals surface area (Å²) in [6, 6.07) is 10.1. The summed E-state index contributed by atoms with van der Waals surface area (Å²) >= 11 is 7.47. The number of anilines is 1. The second-order valence-corrected chi connectivity index (χ2v) is 7.90. The van der Waals surface area contributed by atoms with E-state index >= 15 is 0 Å². The average molecular weight is 477 g/mol. The van der Waals surface area contributed by atoms with Crippen LogP contribution in [0, 0.1) is 11.6 Å². The van der Waals surface area contributed by atoms with Gasteiger partial charge in [0.15, 0.2) is 11.6 Å². The molecule has 0 aliphatic heterocycles. The van der Waals surface area contributed by atoms with Gasteiger partial charge in [0.25, 0.3) is 0 Å². The van der Waals surface area contributed by atoms with E-state index in [9.17, 15) is 13.6 Å². The van der Waals surface area contributed by atoms with Gasteiger partial charge in [-0.3, -0.25) is 9.89 Å². The molecule has 2 heterocycles. The van der Waals surface area contributed by atoms with Crippen LogP contribution in [0.4, 0.5) is 14.5 Å². The number of halogens is 3. The minimum absolute atomic E-state index is 0.00895. The number of amides is 1. The molecule has 0 unspecified atom stereocenters. The van der Waals surface area contributed by atoms with Crippen LogP contribution in [0.2, 0.25) is 5.02 Å². The molecule has 8 nitrogen and oxygen atoms in total. The number of benzene rings is 2. The molecule has 2 aromatic carbocycles. The molecule has 0 aliphatic rings. The molecule has 0 radical (unpaired) electrons. The van der Waals surface area contributed by atoms with Crippen molar-refractivity contribution in [2.24, 2.45) is 0 Å². The number of aromatic amines is 1. The Kier molecular flexibility index (Phi) is 6.76. The number of nitrogens with one attached hydrogen (secondary N) is 2. The van der Waals surface area contributed by atoms with Crippen LogP contribution in [0.25, 0.3) is 11.4 Å². The molecule has 0 spiro atoms. The fourth-order valence-electron chi connectivity index (χ4n) is 2.73. The SMILES string of the molecule is O=C(CCc1nc(CSc2n[nH]c(-c3ccccc3Cl)n2)no1)Nc1cc(F)cc(F)c1. The van der Waals surface area contributed by atoms with Gasteiger partial charge in [-0.15, -0.1) is 5.10 Å². The quantitative estimate of drug-likeness (QED) is 0.356. The van der Waals surface area contributed by atoms with Crippen molar-refractivity contribution in [3.63, 3.8) is 0 Å². The maximum atomic E-state index is 13.2. The molecule has 0 aliphatic carbocycles. The lowest BCUT2D eigenvalue weighted by molar-refractivity contribution is -0.116. The second kappa shape index (κ2) is 9.88. The summed E-state index contributed by atoms with van der Waals surface area (Å²) in [4.78, 5) is 20.6. The number of carbonyl (C=O) groups is 1. The standard InChI is InChI=1S/C20H15ClF2N6O2S/c21-15-4-2-1-3-14(15)19-26-20(28-27-19)32-10-16-25-18(31-29-16)6-5-17(30)24-13-8-11(22)7-12(23)9-13/h1-4,7-9H,5-6,10H2,(H,24,30)(H,26,27,28). The first-order chi connectivity index (χ1) is 15.5. The van der Waals surface area contributed by atoms with Crippen molar-refractivity contribution in [3.05, 3.63) is 70.8 Å². The molecule has 4 aromatic rings. The summed E-state index contributed by atoms with van der Waals surface area (Å²) in [7, 11) is 0. The number of nitrogens with zero attached hydrogens (tertiary/aromatic N) is 4. The lowest BCUT2D eigenvalue weighted by atomic mass is 10.2. The zero-order chi connectivity index (χ0) is 22.5. The van der Waals surface area contributed by atoms with Gasteiger partial charge in [0.1, 0.15) is 11.6 Å². The van der Waals surface area contributed by atoms with Crippen LogP contribution < -0.4 is 5.32 Å². The zero-order valence-electron chi connectivity index (χ0n) is 16.3. The van der Waals surface area contributed by atoms with E-state index in [1.165, 1.54) is 11.8 Å². The predicted molar refractivity (Wildman–Crippen MR) is 114 cm³/mol. The molecule has 0 saturated carbocycles. The van der Waals surface area contributed by atoms with Crippen molar-refractivity contribution in [1.29, 1.82) is 0 Å². The average Bonchev–Trinajstić information content (AvgIpc) is 3.40. The van der Waals surface area contributed by atoms with Gasteiger partial charge in [0, 0.05) is 30.2 Å². The van der Waals surface area contributed by atoms with Gasteiger partial charge in [-0.1, -0.05) is 40.7 Å². The van der Waals surface area contributed by atoms with Crippen molar-refractivity contribution in [3.8, 4) is 11.4 Å². The number of rotatable bonds is 8. The smallest absolute Gasteiger partial charge is 0.227 e. The van der Waals surface area contributed by atoms with E-state index < -0.39 is 17.5 Å². The normalized spacial score (nSPS) is 11.0. The van der Waals surface area contributed by atoms with Gasteiger partial charge in [0.2, 0.25) is 17.0 Å². The molecule has 0 fully saturated rings. The van der Waals surface area contributed by atoms with Crippen LogP contribution in [-0.2, 0) is 17.0 Å². The molecule has 0 bridgehead atoms. The first kappa shape index (κ1) is 21.9. The highest BCUT2D eigenvalue weighted by Gasteiger charge is 2.13. The van der Waals surface area contributed by atoms with Crippen LogP contribution in [0.1, 0.15) is 18.1 Å². The van der Waals surface area contributed by atoms with E-state index in [1.54, 1.807) is 6.07 Å². The Morgan fingerprint density at radius 1 is 1.16 bits per heavy atom. The number of hydrogen-bond donors (Lipinski definition) is 2. The van der Waals surface area contributed by atoms with Crippen molar-refractivity contribution < 1.29 is 18.1 Å². The molecule has 4 rings (SSSR count). The molecule has 12 heteroatoms. The minimum Gasteiger partial charge on any atom is -0.339 e. The van der Waals surface area contributed by atoms with Crippen molar-refractivity contribution in [1.82, 2.24) is 25.3 Å². The molecule has 32 heavy (non-hydrogen) atoms. The number of H-pyrrole nitrogens is 1. The minimum atomic E-state index is -0.773. The van der Waals surface area contributed by atoms with Gasteiger partial charge >= 0.3 is 0 Å². The summed E-state index contributed by atoms with van der Waals surface area (Å²) in [5.41, 5.74) is 0.785. The van der Waals surface area contributed by atoms with E-state index in [0.717, 1.165) is 23.8 Å². The van der Waals surface area contributed by atoms with Crippen LogP contribution in [0.15, 0.2) is 52.1 Å². The number of carbonyl (C=O) groups excluding carboxylic acids is 1. The highest BCUT2D eigenvalue weighted by molar-refractivity contribution is 7.98. The Hall–Kier alpha value is -3.31. The molecule has 2 aromatic heterocycles. The van der Waals surface area contributed by atoms with E-state index in [4.69, 9.17) is 16.1 Å². The summed E-state index contributed by atoms with van der Waals surface area (Å²) in [6.45, 7) is 0. The van der Waals surface area contributed by atoms with Crippen LogP contribution >= 0.6 is 23.4 Å². The molecule has 0 atom stereocenters. The molecular formula is C20H15ClF2N6O2S. The van der Waals surface area contributed by atoms with Crippen molar-refractivity contribution >= 4 is 35.0 Å². The molecule has 164 valence electrons. The first-order valence-electron chi connectivity index (χ1n) is 9.34. The summed E-state index contributed by atoms with van der Waals surface area (Å²) in [5, 5.41) is 14.3. The molecule has 2 N–H and O–H groups in total. The highest BCUT2D eigenvalue weighted by atomic mass is 35.5. The van der Waals surface area contributed by atoms with Gasteiger partial charge in [-0.25, -0.2) is 13.8 Å². The Bertz CT molecular complexity index is 1230. The first-order valence-corrected chi connectivity index (χ1v) is 10.7. The maximum absolute atomic E-state index is 13.2. The lowest BCUT2D eigenvalue weighted by Crippen LogP contribution is -2.12. The summed E-state index contributed by atoms with van der Waals surface area (Å²) in [5.74, 6) is -0.380. The third-order valence-corrected chi connectivity index (χ3v) is 5.32. The number of aromatic nitrogens is 5. The monoisotopic (exact) mass is 476 g/mol. The fraction of sp³-hybridized carbons (Fsp3) is 0.150. The maximum Gasteiger partial charge on any atom is 0.227 e. The highest BCUT2D eigenvalue weighted by Crippen LogP contribution is 2.26. The molecular weight excluding hydrogens is 462 g/mol. The van der Waals surface area contributed by atoms with E-state index in [2.05, 4.69) is 30.6 Å². The molecule has 1 amide bonds. The number of thioether (sulfide) groups is 1. The van der Waals surface area contributed by atoms with Crippen molar-refractivity contribution in [2.45, 2.75) is 23.8 Å². The van der Waals surface area contributed by atoms with Crippen LogP contribution in [0.3, 0.4) is 0 Å².